The van der Waals surface area contributed by atoms with Crippen molar-refractivity contribution < 1.29 is 9.53 Å². The molecule has 0 atom stereocenters. The molecule has 0 radical (unpaired) electrons. The number of pyridine rings is 2. The summed E-state index contributed by atoms with van der Waals surface area (Å²) in [6.45, 7) is 5.85. The van der Waals surface area contributed by atoms with Gasteiger partial charge in [0, 0.05) is 39.9 Å². The fourth-order valence-electron chi connectivity index (χ4n) is 3.41. The summed E-state index contributed by atoms with van der Waals surface area (Å²) in [5.41, 5.74) is 3.30. The van der Waals surface area contributed by atoms with Crippen molar-refractivity contribution in [1.29, 1.82) is 0 Å². The van der Waals surface area contributed by atoms with Crippen LogP contribution >= 0.6 is 27.5 Å². The van der Waals surface area contributed by atoms with Gasteiger partial charge in [-0.1, -0.05) is 37.2 Å². The van der Waals surface area contributed by atoms with Crippen molar-refractivity contribution in [1.82, 2.24) is 15.0 Å². The second-order valence-corrected chi connectivity index (χ2v) is 10.1. The number of nitrogens with zero attached hydrogens (tertiary/aromatic N) is 3. The Kier molecular flexibility index (Phi) is 8.00. The molecule has 1 N–H and O–H groups in total. The average Bonchev–Trinajstić information content (AvgIpc) is 3.14. The standard InChI is InChI=1S/C25H24BrClN4O2.CH4/c1-25(2,3)33-24(32)31(15-16-4-7-20(27)8-5-16)22-9-6-17(12-28-22)10-18-13-29-23-21(18)11-19(26)14-30-23;/h4-9,11-14H,10,15H2,1-3H3,(H,29,30);1H4. The highest BCUT2D eigenvalue weighted by Gasteiger charge is 2.24. The van der Waals surface area contributed by atoms with E-state index in [4.69, 9.17) is 16.3 Å². The van der Waals surface area contributed by atoms with E-state index in [1.54, 1.807) is 24.5 Å². The molecule has 1 amide bonds. The van der Waals surface area contributed by atoms with Crippen LogP contribution in [0.15, 0.2) is 65.5 Å². The molecule has 0 spiro atoms. The molecule has 4 rings (SSSR count). The Morgan fingerprint density at radius 2 is 1.79 bits per heavy atom. The second kappa shape index (κ2) is 10.6. The number of carbonyl (C=O) groups excluding carboxylic acids is 1. The number of carbonyl (C=O) groups is 1. The molecule has 3 heterocycles. The molecule has 0 bridgehead atoms. The Labute approximate surface area is 213 Å². The minimum absolute atomic E-state index is 0. The molecule has 8 heteroatoms. The van der Waals surface area contributed by atoms with Gasteiger partial charge in [0.05, 0.1) is 6.54 Å². The van der Waals surface area contributed by atoms with Gasteiger partial charge in [0.25, 0.3) is 0 Å². The van der Waals surface area contributed by atoms with Crippen LogP contribution in [0.2, 0.25) is 5.02 Å². The van der Waals surface area contributed by atoms with Crippen LogP contribution in [0.25, 0.3) is 11.0 Å². The minimum Gasteiger partial charge on any atom is -0.443 e. The van der Waals surface area contributed by atoms with Crippen LogP contribution in [0.3, 0.4) is 0 Å². The Hall–Kier alpha value is -2.90. The maximum absolute atomic E-state index is 13.0. The molecule has 178 valence electrons. The lowest BCUT2D eigenvalue weighted by Gasteiger charge is -2.27. The van der Waals surface area contributed by atoms with Gasteiger partial charge < -0.3 is 9.72 Å². The van der Waals surface area contributed by atoms with E-state index >= 15 is 0 Å². The zero-order valence-electron chi connectivity index (χ0n) is 18.6. The van der Waals surface area contributed by atoms with Gasteiger partial charge in [-0.3, -0.25) is 4.90 Å². The van der Waals surface area contributed by atoms with Gasteiger partial charge >= 0.3 is 6.09 Å². The zero-order valence-corrected chi connectivity index (χ0v) is 20.9. The molecular weight excluding hydrogens is 516 g/mol. The lowest BCUT2D eigenvalue weighted by atomic mass is 10.1. The third kappa shape index (κ3) is 6.36. The first kappa shape index (κ1) is 25.7. The SMILES string of the molecule is C.CC(C)(C)OC(=O)N(Cc1ccc(Cl)cc1)c1ccc(Cc2c[nH]c3ncc(Br)cc23)cn1. The molecule has 4 aromatic rings. The number of aromatic nitrogens is 3. The summed E-state index contributed by atoms with van der Waals surface area (Å²) in [4.78, 5) is 26.7. The van der Waals surface area contributed by atoms with Crippen molar-refractivity contribution >= 4 is 50.5 Å². The number of fused-ring (bicyclic) bond motifs is 1. The van der Waals surface area contributed by atoms with Crippen LogP contribution in [-0.4, -0.2) is 26.6 Å². The van der Waals surface area contributed by atoms with E-state index in [0.29, 0.717) is 23.8 Å². The summed E-state index contributed by atoms with van der Waals surface area (Å²) in [6.07, 6.45) is 5.76. The summed E-state index contributed by atoms with van der Waals surface area (Å²) in [5.74, 6) is 0.520. The van der Waals surface area contributed by atoms with Crippen molar-refractivity contribution in [2.75, 3.05) is 4.90 Å². The number of amides is 1. The van der Waals surface area contributed by atoms with Gasteiger partial charge in [-0.05, 0) is 77.7 Å². The maximum Gasteiger partial charge on any atom is 0.416 e. The van der Waals surface area contributed by atoms with E-state index < -0.39 is 11.7 Å². The Morgan fingerprint density at radius 1 is 1.09 bits per heavy atom. The third-order valence-corrected chi connectivity index (χ3v) is 5.62. The first-order valence-electron chi connectivity index (χ1n) is 10.5. The van der Waals surface area contributed by atoms with Crippen LogP contribution in [-0.2, 0) is 17.7 Å². The van der Waals surface area contributed by atoms with Gasteiger partial charge in [0.15, 0.2) is 0 Å². The van der Waals surface area contributed by atoms with E-state index in [1.807, 2.05) is 57.3 Å². The van der Waals surface area contributed by atoms with Crippen LogP contribution in [0.4, 0.5) is 10.6 Å². The number of hydrogen-bond acceptors (Lipinski definition) is 4. The first-order chi connectivity index (χ1) is 15.7. The molecule has 0 aliphatic rings. The fourth-order valence-corrected chi connectivity index (χ4v) is 3.87. The van der Waals surface area contributed by atoms with Crippen molar-refractivity contribution in [2.24, 2.45) is 0 Å². The average molecular weight is 544 g/mol. The second-order valence-electron chi connectivity index (χ2n) is 8.76. The Morgan fingerprint density at radius 3 is 2.44 bits per heavy atom. The predicted octanol–water partition coefficient (Wildman–Crippen LogP) is 7.54. The largest absolute Gasteiger partial charge is 0.443 e. The fraction of sp³-hybridized carbons (Fsp3) is 0.269. The van der Waals surface area contributed by atoms with Crippen LogP contribution < -0.4 is 4.90 Å². The molecule has 0 unspecified atom stereocenters. The number of ether oxygens (including phenoxy) is 1. The number of anilines is 1. The first-order valence-corrected chi connectivity index (χ1v) is 11.7. The van der Waals surface area contributed by atoms with Crippen molar-refractivity contribution in [2.45, 2.75) is 46.8 Å². The van der Waals surface area contributed by atoms with E-state index in [9.17, 15) is 4.79 Å². The highest BCUT2D eigenvalue weighted by molar-refractivity contribution is 9.10. The van der Waals surface area contributed by atoms with E-state index in [-0.39, 0.29) is 7.43 Å². The molecule has 0 aliphatic carbocycles. The highest BCUT2D eigenvalue weighted by Crippen LogP contribution is 2.24. The Bertz CT molecular complexity index is 1260. The molecule has 34 heavy (non-hydrogen) atoms. The monoisotopic (exact) mass is 542 g/mol. The lowest BCUT2D eigenvalue weighted by molar-refractivity contribution is 0.0576. The summed E-state index contributed by atoms with van der Waals surface area (Å²) in [5, 5.41) is 1.70. The summed E-state index contributed by atoms with van der Waals surface area (Å²) in [7, 11) is 0. The van der Waals surface area contributed by atoms with Gasteiger partial charge in [-0.25, -0.2) is 14.8 Å². The van der Waals surface area contributed by atoms with Gasteiger partial charge in [0.2, 0.25) is 0 Å². The number of hydrogen-bond donors (Lipinski definition) is 1. The zero-order chi connectivity index (χ0) is 23.6. The van der Waals surface area contributed by atoms with Crippen molar-refractivity contribution in [3.8, 4) is 0 Å². The topological polar surface area (TPSA) is 71.1 Å². The molecule has 0 aliphatic heterocycles. The number of H-pyrrole nitrogens is 1. The lowest BCUT2D eigenvalue weighted by Crippen LogP contribution is -2.37. The smallest absolute Gasteiger partial charge is 0.416 e. The van der Waals surface area contributed by atoms with Crippen LogP contribution in [0, 0.1) is 0 Å². The van der Waals surface area contributed by atoms with Crippen LogP contribution in [0.5, 0.6) is 0 Å². The normalized spacial score (nSPS) is 11.2. The number of aromatic amines is 1. The number of rotatable bonds is 5. The Balaban J connectivity index is 0.00000324. The molecular formula is C26H28BrClN4O2. The van der Waals surface area contributed by atoms with E-state index in [2.05, 4.69) is 30.9 Å². The third-order valence-electron chi connectivity index (χ3n) is 4.93. The van der Waals surface area contributed by atoms with Crippen molar-refractivity contribution in [3.63, 3.8) is 0 Å². The van der Waals surface area contributed by atoms with Gasteiger partial charge in [-0.15, -0.1) is 0 Å². The quantitative estimate of drug-likeness (QED) is 0.282. The van der Waals surface area contributed by atoms with Gasteiger partial charge in [-0.2, -0.15) is 0 Å². The summed E-state index contributed by atoms with van der Waals surface area (Å²) < 4.78 is 6.56. The van der Waals surface area contributed by atoms with E-state index in [0.717, 1.165) is 32.2 Å². The number of halogens is 2. The summed E-state index contributed by atoms with van der Waals surface area (Å²) >= 11 is 9.49. The molecule has 0 fully saturated rings. The number of nitrogens with one attached hydrogen (secondary N) is 1. The maximum atomic E-state index is 13.0. The molecule has 0 saturated carbocycles. The minimum atomic E-state index is -0.618. The van der Waals surface area contributed by atoms with Crippen LogP contribution in [0.1, 0.15) is 44.9 Å². The molecule has 3 aromatic heterocycles. The molecule has 6 nitrogen and oxygen atoms in total. The molecule has 1 aromatic carbocycles. The molecule has 0 saturated heterocycles. The predicted molar refractivity (Wildman–Crippen MR) is 141 cm³/mol. The van der Waals surface area contributed by atoms with Crippen molar-refractivity contribution in [3.05, 3.63) is 87.2 Å². The van der Waals surface area contributed by atoms with E-state index in [1.165, 1.54) is 4.90 Å². The highest BCUT2D eigenvalue weighted by atomic mass is 79.9. The summed E-state index contributed by atoms with van der Waals surface area (Å²) in [6, 6.07) is 13.2. The van der Waals surface area contributed by atoms with Gasteiger partial charge in [0.1, 0.15) is 17.1 Å². The number of benzene rings is 1.